The maximum Gasteiger partial charge on any atom is 0.319 e. The molecule has 3 aromatic rings. The zero-order chi connectivity index (χ0) is 20.1. The van der Waals surface area contributed by atoms with E-state index < -0.39 is 0 Å². The van der Waals surface area contributed by atoms with Gasteiger partial charge in [-0.1, -0.05) is 48.5 Å². The highest BCUT2D eigenvalue weighted by atomic mass is 16.7. The van der Waals surface area contributed by atoms with Crippen molar-refractivity contribution < 1.29 is 14.3 Å². The molecule has 1 atom stereocenters. The fourth-order valence-electron chi connectivity index (χ4n) is 3.50. The van der Waals surface area contributed by atoms with Crippen molar-refractivity contribution in [3.05, 3.63) is 89.5 Å². The first kappa shape index (κ1) is 18.9. The Hall–Kier alpha value is -3.47. The Morgan fingerprint density at radius 1 is 0.897 bits per heavy atom. The van der Waals surface area contributed by atoms with E-state index in [0.29, 0.717) is 6.42 Å². The van der Waals surface area contributed by atoms with Crippen LogP contribution in [-0.4, -0.2) is 18.9 Å². The van der Waals surface area contributed by atoms with E-state index in [1.165, 1.54) is 5.56 Å². The third-order valence-electron chi connectivity index (χ3n) is 4.86. The number of carbonyl (C=O) groups excluding carboxylic acids is 1. The van der Waals surface area contributed by atoms with E-state index in [0.717, 1.165) is 34.7 Å². The topological polar surface area (TPSA) is 59.6 Å². The molecule has 0 aliphatic carbocycles. The summed E-state index contributed by atoms with van der Waals surface area (Å²) in [5.41, 5.74) is 4.15. The second-order valence-corrected chi connectivity index (χ2v) is 7.25. The van der Waals surface area contributed by atoms with Crippen molar-refractivity contribution in [3.63, 3.8) is 0 Å². The van der Waals surface area contributed by atoms with Gasteiger partial charge in [-0.05, 0) is 60.7 Å². The first-order chi connectivity index (χ1) is 14.2. The number of anilines is 1. The molecule has 0 fully saturated rings. The molecule has 148 valence electrons. The van der Waals surface area contributed by atoms with Crippen LogP contribution in [-0.2, 0) is 12.8 Å². The second kappa shape index (κ2) is 8.69. The van der Waals surface area contributed by atoms with Gasteiger partial charge in [0.2, 0.25) is 6.79 Å². The standard InChI is InChI=1S/C24H24N2O3/c1-17-6-5-9-20(12-17)25-24(27)26-21(13-18-7-3-2-4-8-18)14-19-10-11-22-23(15-19)29-16-28-22/h2-12,15,21H,13-14,16H2,1H3,(H2,25,26,27). The molecule has 0 saturated heterocycles. The number of aryl methyl sites for hydroxylation is 1. The number of nitrogens with one attached hydrogen (secondary N) is 2. The molecule has 1 heterocycles. The van der Waals surface area contributed by atoms with Crippen LogP contribution in [0, 0.1) is 6.92 Å². The summed E-state index contributed by atoms with van der Waals surface area (Å²) in [4.78, 5) is 12.6. The highest BCUT2D eigenvalue weighted by Crippen LogP contribution is 2.32. The van der Waals surface area contributed by atoms with Gasteiger partial charge in [-0.25, -0.2) is 4.79 Å². The minimum atomic E-state index is -0.211. The Kier molecular flexibility index (Phi) is 5.66. The molecule has 1 aliphatic heterocycles. The minimum Gasteiger partial charge on any atom is -0.454 e. The van der Waals surface area contributed by atoms with Gasteiger partial charge in [0.1, 0.15) is 0 Å². The van der Waals surface area contributed by atoms with Crippen molar-refractivity contribution in [2.75, 3.05) is 12.1 Å². The van der Waals surface area contributed by atoms with Gasteiger partial charge in [0, 0.05) is 11.7 Å². The Bertz CT molecular complexity index is 988. The number of carbonyl (C=O) groups is 1. The minimum absolute atomic E-state index is 0.0671. The molecule has 2 N–H and O–H groups in total. The fourth-order valence-corrected chi connectivity index (χ4v) is 3.50. The van der Waals surface area contributed by atoms with Crippen LogP contribution in [0.1, 0.15) is 16.7 Å². The predicted octanol–water partition coefficient (Wildman–Crippen LogP) is 4.70. The summed E-state index contributed by atoms with van der Waals surface area (Å²) in [6.45, 7) is 2.25. The van der Waals surface area contributed by atoms with Gasteiger partial charge in [0.15, 0.2) is 11.5 Å². The van der Waals surface area contributed by atoms with Crippen LogP contribution >= 0.6 is 0 Å². The number of ether oxygens (including phenoxy) is 2. The molecular formula is C24H24N2O3. The molecule has 0 radical (unpaired) electrons. The summed E-state index contributed by atoms with van der Waals surface area (Å²) >= 11 is 0. The lowest BCUT2D eigenvalue weighted by Gasteiger charge is -2.20. The van der Waals surface area contributed by atoms with Crippen molar-refractivity contribution in [2.45, 2.75) is 25.8 Å². The molecule has 4 rings (SSSR count). The molecule has 0 saturated carbocycles. The molecule has 0 spiro atoms. The van der Waals surface area contributed by atoms with E-state index in [-0.39, 0.29) is 18.9 Å². The van der Waals surface area contributed by atoms with Crippen molar-refractivity contribution in [1.82, 2.24) is 5.32 Å². The number of urea groups is 1. The Morgan fingerprint density at radius 2 is 1.69 bits per heavy atom. The normalized spacial score (nSPS) is 13.0. The number of hydrogen-bond donors (Lipinski definition) is 2. The monoisotopic (exact) mass is 388 g/mol. The average Bonchev–Trinajstić information content (AvgIpc) is 3.16. The van der Waals surface area contributed by atoms with Crippen LogP contribution in [0.3, 0.4) is 0 Å². The number of fused-ring (bicyclic) bond motifs is 1. The Balaban J connectivity index is 1.47. The highest BCUT2D eigenvalue weighted by Gasteiger charge is 2.18. The van der Waals surface area contributed by atoms with Gasteiger partial charge in [-0.15, -0.1) is 0 Å². The van der Waals surface area contributed by atoms with Crippen molar-refractivity contribution in [2.24, 2.45) is 0 Å². The Labute approximate surface area is 170 Å². The first-order valence-corrected chi connectivity index (χ1v) is 9.72. The smallest absolute Gasteiger partial charge is 0.319 e. The Morgan fingerprint density at radius 3 is 2.52 bits per heavy atom. The van der Waals surface area contributed by atoms with Gasteiger partial charge in [-0.3, -0.25) is 0 Å². The third-order valence-corrected chi connectivity index (χ3v) is 4.86. The van der Waals surface area contributed by atoms with E-state index in [9.17, 15) is 4.79 Å². The number of amides is 2. The zero-order valence-corrected chi connectivity index (χ0v) is 16.4. The highest BCUT2D eigenvalue weighted by molar-refractivity contribution is 5.89. The second-order valence-electron chi connectivity index (χ2n) is 7.25. The summed E-state index contributed by atoms with van der Waals surface area (Å²) in [7, 11) is 0. The van der Waals surface area contributed by atoms with E-state index in [1.54, 1.807) is 0 Å². The van der Waals surface area contributed by atoms with E-state index in [2.05, 4.69) is 22.8 Å². The fraction of sp³-hybridized carbons (Fsp3) is 0.208. The summed E-state index contributed by atoms with van der Waals surface area (Å²) < 4.78 is 10.9. The number of rotatable bonds is 6. The summed E-state index contributed by atoms with van der Waals surface area (Å²) in [5, 5.41) is 6.06. The van der Waals surface area contributed by atoms with Crippen LogP contribution in [0.25, 0.3) is 0 Å². The van der Waals surface area contributed by atoms with Gasteiger partial charge in [0.05, 0.1) is 0 Å². The molecule has 2 amide bonds. The number of benzene rings is 3. The average molecular weight is 388 g/mol. The maximum absolute atomic E-state index is 12.6. The molecule has 29 heavy (non-hydrogen) atoms. The molecule has 1 unspecified atom stereocenters. The van der Waals surface area contributed by atoms with Crippen LogP contribution in [0.5, 0.6) is 11.5 Å². The number of hydrogen-bond acceptors (Lipinski definition) is 3. The molecule has 0 bridgehead atoms. The lowest BCUT2D eigenvalue weighted by atomic mass is 9.98. The van der Waals surface area contributed by atoms with Gasteiger partial charge >= 0.3 is 6.03 Å². The van der Waals surface area contributed by atoms with Crippen molar-refractivity contribution in [3.8, 4) is 11.5 Å². The third kappa shape index (κ3) is 5.08. The van der Waals surface area contributed by atoms with E-state index in [1.807, 2.05) is 67.6 Å². The van der Waals surface area contributed by atoms with Crippen LogP contribution in [0.15, 0.2) is 72.8 Å². The van der Waals surface area contributed by atoms with E-state index in [4.69, 9.17) is 9.47 Å². The lowest BCUT2D eigenvalue weighted by Crippen LogP contribution is -2.40. The summed E-state index contributed by atoms with van der Waals surface area (Å²) in [6, 6.07) is 23.6. The summed E-state index contributed by atoms with van der Waals surface area (Å²) in [6.07, 6.45) is 1.42. The van der Waals surface area contributed by atoms with Gasteiger partial charge < -0.3 is 20.1 Å². The molecule has 1 aliphatic rings. The van der Waals surface area contributed by atoms with Crippen LogP contribution in [0.4, 0.5) is 10.5 Å². The van der Waals surface area contributed by atoms with Crippen molar-refractivity contribution in [1.29, 1.82) is 0 Å². The SMILES string of the molecule is Cc1cccc(NC(=O)NC(Cc2ccccc2)Cc2ccc3c(c2)OCO3)c1. The van der Waals surface area contributed by atoms with E-state index >= 15 is 0 Å². The zero-order valence-electron chi connectivity index (χ0n) is 16.4. The molecule has 5 heteroatoms. The summed E-state index contributed by atoms with van der Waals surface area (Å²) in [5.74, 6) is 1.52. The quantitative estimate of drug-likeness (QED) is 0.644. The van der Waals surface area contributed by atoms with Crippen molar-refractivity contribution >= 4 is 11.7 Å². The maximum atomic E-state index is 12.6. The molecule has 3 aromatic carbocycles. The molecule has 0 aromatic heterocycles. The van der Waals surface area contributed by atoms with Gasteiger partial charge in [-0.2, -0.15) is 0 Å². The predicted molar refractivity (Wildman–Crippen MR) is 114 cm³/mol. The van der Waals surface area contributed by atoms with Gasteiger partial charge in [0.25, 0.3) is 0 Å². The largest absolute Gasteiger partial charge is 0.454 e. The molecule has 5 nitrogen and oxygen atoms in total. The van der Waals surface area contributed by atoms with Crippen LogP contribution in [0.2, 0.25) is 0 Å². The first-order valence-electron chi connectivity index (χ1n) is 9.72. The van der Waals surface area contributed by atoms with Crippen LogP contribution < -0.4 is 20.1 Å². The lowest BCUT2D eigenvalue weighted by molar-refractivity contribution is 0.174. The molecular weight excluding hydrogens is 364 g/mol.